The molecule has 0 fully saturated rings. The number of aromatic nitrogens is 3. The summed E-state index contributed by atoms with van der Waals surface area (Å²) in [5, 5.41) is 2.25. The first-order valence-corrected chi connectivity index (χ1v) is 16.9. The molecule has 2 aliphatic carbocycles. The van der Waals surface area contributed by atoms with Crippen molar-refractivity contribution in [2.75, 3.05) is 0 Å². The second-order valence-corrected chi connectivity index (χ2v) is 13.5. The topological polar surface area (TPSA) is 39.9 Å². The van der Waals surface area contributed by atoms with Crippen LogP contribution in [0, 0.1) is 17.5 Å². The van der Waals surface area contributed by atoms with Gasteiger partial charge in [-0.3, -0.25) is 0 Å². The molecule has 0 bridgehead atoms. The summed E-state index contributed by atoms with van der Waals surface area (Å²) in [6, 6.07) is 51.6. The molecule has 0 saturated heterocycles. The van der Waals surface area contributed by atoms with E-state index in [9.17, 15) is 0 Å². The molecule has 0 unspecified atom stereocenters. The first kappa shape index (κ1) is 30.7. The van der Waals surface area contributed by atoms with Gasteiger partial charge in [-0.25, -0.2) is 4.98 Å². The standard InChI is InChI=1S/C45H31N3O.Pt/c1-2-9-34-27-45(26-33(34)8-1)28-35-16-15-30(22-36(35)29-45)31-19-21-46-41(24-31)32-10-7-11-37(23-32)49-38-17-18-40-39-12-3-4-13-42(39)48(43(40)25-38)44-14-5-6-20-47-44;/h1-22,24H,26-29H2;/q-2;+2. The van der Waals surface area contributed by atoms with Crippen molar-refractivity contribution in [3.8, 4) is 39.7 Å². The molecular formula is C45H31N3OPt. The van der Waals surface area contributed by atoms with Gasteiger partial charge in [0.2, 0.25) is 0 Å². The van der Waals surface area contributed by atoms with Gasteiger partial charge in [-0.15, -0.1) is 41.3 Å². The molecule has 3 heterocycles. The number of fused-ring (bicyclic) bond motifs is 5. The van der Waals surface area contributed by atoms with Gasteiger partial charge in [0.15, 0.2) is 0 Å². The first-order valence-electron chi connectivity index (χ1n) is 16.9. The van der Waals surface area contributed by atoms with Crippen LogP contribution < -0.4 is 4.74 Å². The van der Waals surface area contributed by atoms with Gasteiger partial charge >= 0.3 is 21.1 Å². The van der Waals surface area contributed by atoms with Gasteiger partial charge in [0.1, 0.15) is 5.82 Å². The molecule has 0 aliphatic heterocycles. The normalized spacial score (nSPS) is 14.1. The Bertz CT molecular complexity index is 2530. The maximum Gasteiger partial charge on any atom is 2.00 e. The Hall–Kier alpha value is -5.31. The van der Waals surface area contributed by atoms with Gasteiger partial charge in [0, 0.05) is 29.4 Å². The molecule has 0 atom stereocenters. The van der Waals surface area contributed by atoms with E-state index in [1.54, 1.807) is 0 Å². The summed E-state index contributed by atoms with van der Waals surface area (Å²) in [6.07, 6.45) is 8.37. The van der Waals surface area contributed by atoms with Crippen molar-refractivity contribution in [2.24, 2.45) is 5.41 Å². The molecule has 50 heavy (non-hydrogen) atoms. The molecule has 5 heteroatoms. The van der Waals surface area contributed by atoms with Crippen LogP contribution in [0.15, 0.2) is 140 Å². The van der Waals surface area contributed by atoms with Crippen molar-refractivity contribution in [2.45, 2.75) is 25.7 Å². The van der Waals surface area contributed by atoms with E-state index >= 15 is 0 Å². The van der Waals surface area contributed by atoms with E-state index in [1.165, 1.54) is 40.7 Å². The minimum atomic E-state index is 0. The van der Waals surface area contributed by atoms with Crippen LogP contribution in [0.2, 0.25) is 0 Å². The Morgan fingerprint density at radius 1 is 0.560 bits per heavy atom. The van der Waals surface area contributed by atoms with Gasteiger partial charge in [0.25, 0.3) is 0 Å². The molecule has 8 aromatic rings. The van der Waals surface area contributed by atoms with Gasteiger partial charge in [0.05, 0.1) is 0 Å². The Labute approximate surface area is 305 Å². The quantitative estimate of drug-likeness (QED) is 0.162. The number of nitrogens with zero attached hydrogens (tertiary/aromatic N) is 3. The van der Waals surface area contributed by atoms with Gasteiger partial charge in [-0.2, -0.15) is 6.07 Å². The Morgan fingerprint density at radius 3 is 2.14 bits per heavy atom. The third-order valence-corrected chi connectivity index (χ3v) is 10.4. The van der Waals surface area contributed by atoms with Crippen LogP contribution >= 0.6 is 0 Å². The van der Waals surface area contributed by atoms with Crippen molar-refractivity contribution < 1.29 is 25.8 Å². The van der Waals surface area contributed by atoms with Gasteiger partial charge in [-0.05, 0) is 99.8 Å². The molecule has 10 rings (SSSR count). The number of para-hydroxylation sites is 1. The third-order valence-electron chi connectivity index (χ3n) is 10.4. The molecule has 1 spiro atoms. The number of hydrogen-bond acceptors (Lipinski definition) is 3. The molecule has 4 nitrogen and oxygen atoms in total. The van der Waals surface area contributed by atoms with Crippen LogP contribution in [-0.4, -0.2) is 14.5 Å². The Balaban J connectivity index is 0.00000336. The van der Waals surface area contributed by atoms with Crippen molar-refractivity contribution in [3.63, 3.8) is 0 Å². The van der Waals surface area contributed by atoms with Gasteiger partial charge < -0.3 is 14.3 Å². The van der Waals surface area contributed by atoms with E-state index in [-0.39, 0.29) is 21.1 Å². The minimum Gasteiger partial charge on any atom is -0.503 e. The zero-order valence-electron chi connectivity index (χ0n) is 27.2. The largest absolute Gasteiger partial charge is 2.00 e. The fourth-order valence-electron chi connectivity index (χ4n) is 8.23. The zero-order chi connectivity index (χ0) is 32.4. The van der Waals surface area contributed by atoms with Crippen LogP contribution in [0.5, 0.6) is 11.5 Å². The predicted molar refractivity (Wildman–Crippen MR) is 195 cm³/mol. The Morgan fingerprint density at radius 2 is 1.30 bits per heavy atom. The van der Waals surface area contributed by atoms with E-state index in [0.29, 0.717) is 16.9 Å². The SMILES string of the molecule is [Pt+2].[c-]1c(Oc2[c-]c3c(cc2)c2ccccc2n3-c2ccccn2)cccc1-c1cc(-c2ccc3c(c2)CC2(Cc4ccccc4C2)C3)ccn1. The molecule has 0 saturated carbocycles. The summed E-state index contributed by atoms with van der Waals surface area (Å²) >= 11 is 0. The molecule has 5 aromatic carbocycles. The molecule has 0 N–H and O–H groups in total. The van der Waals surface area contributed by atoms with Crippen LogP contribution in [0.4, 0.5) is 0 Å². The minimum absolute atomic E-state index is 0. The molecule has 0 radical (unpaired) electrons. The third kappa shape index (κ3) is 5.27. The van der Waals surface area contributed by atoms with E-state index < -0.39 is 0 Å². The van der Waals surface area contributed by atoms with E-state index in [0.717, 1.165) is 57.3 Å². The number of benzene rings is 5. The number of rotatable bonds is 5. The zero-order valence-corrected chi connectivity index (χ0v) is 29.4. The van der Waals surface area contributed by atoms with E-state index in [1.807, 2.05) is 54.9 Å². The van der Waals surface area contributed by atoms with E-state index in [2.05, 4.69) is 107 Å². The van der Waals surface area contributed by atoms with Gasteiger partial charge in [-0.1, -0.05) is 84.4 Å². The monoisotopic (exact) mass is 824 g/mol. The second kappa shape index (κ2) is 12.2. The molecule has 242 valence electrons. The summed E-state index contributed by atoms with van der Waals surface area (Å²) in [4.78, 5) is 9.38. The van der Waals surface area contributed by atoms with Crippen molar-refractivity contribution >= 4 is 21.8 Å². The van der Waals surface area contributed by atoms with Crippen LogP contribution in [-0.2, 0) is 46.7 Å². The molecule has 3 aromatic heterocycles. The summed E-state index contributed by atoms with van der Waals surface area (Å²) in [6.45, 7) is 0. The average Bonchev–Trinajstić information content (AvgIpc) is 3.80. The van der Waals surface area contributed by atoms with Crippen molar-refractivity contribution in [1.82, 2.24) is 14.5 Å². The van der Waals surface area contributed by atoms with Crippen LogP contribution in [0.3, 0.4) is 0 Å². The average molecular weight is 825 g/mol. The summed E-state index contributed by atoms with van der Waals surface area (Å²) in [7, 11) is 0. The predicted octanol–water partition coefficient (Wildman–Crippen LogP) is 10.2. The summed E-state index contributed by atoms with van der Waals surface area (Å²) in [5.74, 6) is 2.07. The first-order chi connectivity index (χ1) is 24.2. The van der Waals surface area contributed by atoms with Crippen molar-refractivity contribution in [1.29, 1.82) is 0 Å². The Kier molecular flexibility index (Phi) is 7.51. The van der Waals surface area contributed by atoms with E-state index in [4.69, 9.17) is 9.72 Å². The summed E-state index contributed by atoms with van der Waals surface area (Å²) in [5.41, 5.74) is 12.5. The number of pyridine rings is 2. The maximum absolute atomic E-state index is 6.40. The second-order valence-electron chi connectivity index (χ2n) is 13.5. The number of ether oxygens (including phenoxy) is 1. The van der Waals surface area contributed by atoms with Crippen LogP contribution in [0.25, 0.3) is 50.0 Å². The molecular weight excluding hydrogens is 794 g/mol. The van der Waals surface area contributed by atoms with Crippen LogP contribution in [0.1, 0.15) is 22.3 Å². The smallest absolute Gasteiger partial charge is 0.503 e. The molecule has 2 aliphatic rings. The van der Waals surface area contributed by atoms with Crippen molar-refractivity contribution in [3.05, 3.63) is 174 Å². The summed E-state index contributed by atoms with van der Waals surface area (Å²) < 4.78 is 8.53. The fourth-order valence-corrected chi connectivity index (χ4v) is 8.23. The number of hydrogen-bond donors (Lipinski definition) is 0. The fraction of sp³-hybridized carbons (Fsp3) is 0.111. The maximum atomic E-state index is 6.40. The molecule has 0 amide bonds.